The standard InChI is InChI=1S/C14H20N2O4/c1-9(2)5-12(15)14(19)16-11-3-4-13(18)10(6-11)7-20-8-17/h3-4,6,8-9,12,18H,5,7,15H2,1-2H3,(H,16,19). The van der Waals surface area contributed by atoms with E-state index in [4.69, 9.17) is 5.73 Å². The first kappa shape index (κ1) is 16.0. The van der Waals surface area contributed by atoms with Gasteiger partial charge in [0.15, 0.2) is 0 Å². The average Bonchev–Trinajstić information content (AvgIpc) is 2.38. The smallest absolute Gasteiger partial charge is 0.293 e. The number of nitrogens with two attached hydrogens (primary N) is 1. The highest BCUT2D eigenvalue weighted by atomic mass is 16.5. The van der Waals surface area contributed by atoms with E-state index in [1.54, 1.807) is 12.1 Å². The summed E-state index contributed by atoms with van der Waals surface area (Å²) in [5.74, 6) is 0.0371. The van der Waals surface area contributed by atoms with Crippen molar-refractivity contribution in [3.05, 3.63) is 23.8 Å². The normalized spacial score (nSPS) is 12.0. The van der Waals surface area contributed by atoms with Gasteiger partial charge in [0, 0.05) is 11.3 Å². The summed E-state index contributed by atoms with van der Waals surface area (Å²) in [5.41, 5.74) is 6.69. The molecule has 6 nitrogen and oxygen atoms in total. The molecule has 0 radical (unpaired) electrons. The van der Waals surface area contributed by atoms with Crippen LogP contribution >= 0.6 is 0 Å². The molecule has 0 fully saturated rings. The quantitative estimate of drug-likeness (QED) is 0.517. The van der Waals surface area contributed by atoms with E-state index in [1.165, 1.54) is 6.07 Å². The fraction of sp³-hybridized carbons (Fsp3) is 0.429. The molecular formula is C14H20N2O4. The van der Waals surface area contributed by atoms with Crippen molar-refractivity contribution >= 4 is 18.1 Å². The number of phenols is 1. The zero-order valence-corrected chi connectivity index (χ0v) is 11.6. The lowest BCUT2D eigenvalue weighted by Gasteiger charge is -2.15. The topological polar surface area (TPSA) is 102 Å². The van der Waals surface area contributed by atoms with Crippen molar-refractivity contribution in [2.24, 2.45) is 11.7 Å². The van der Waals surface area contributed by atoms with Crippen molar-refractivity contribution < 1.29 is 19.4 Å². The van der Waals surface area contributed by atoms with Crippen LogP contribution in [0, 0.1) is 5.92 Å². The summed E-state index contributed by atoms with van der Waals surface area (Å²) >= 11 is 0. The first-order valence-electron chi connectivity index (χ1n) is 6.37. The highest BCUT2D eigenvalue weighted by Gasteiger charge is 2.15. The van der Waals surface area contributed by atoms with E-state index in [1.807, 2.05) is 13.8 Å². The zero-order valence-electron chi connectivity index (χ0n) is 11.6. The van der Waals surface area contributed by atoms with Crippen LogP contribution in [-0.2, 0) is 20.9 Å². The summed E-state index contributed by atoms with van der Waals surface area (Å²) in [7, 11) is 0. The second kappa shape index (κ2) is 7.49. The van der Waals surface area contributed by atoms with Gasteiger partial charge >= 0.3 is 0 Å². The van der Waals surface area contributed by atoms with Gasteiger partial charge in [0.1, 0.15) is 12.4 Å². The number of ether oxygens (including phenoxy) is 1. The summed E-state index contributed by atoms with van der Waals surface area (Å²) in [6.45, 7) is 4.21. The molecule has 1 aromatic carbocycles. The van der Waals surface area contributed by atoms with Crippen LogP contribution in [-0.4, -0.2) is 23.5 Å². The third-order valence-corrected chi connectivity index (χ3v) is 2.72. The second-order valence-corrected chi connectivity index (χ2v) is 4.98. The summed E-state index contributed by atoms with van der Waals surface area (Å²) in [4.78, 5) is 22.0. The molecule has 0 bridgehead atoms. The molecule has 0 aliphatic carbocycles. The van der Waals surface area contributed by atoms with Gasteiger partial charge in [-0.15, -0.1) is 0 Å². The first-order valence-corrected chi connectivity index (χ1v) is 6.37. The number of carbonyl (C=O) groups is 2. The van der Waals surface area contributed by atoms with E-state index in [9.17, 15) is 14.7 Å². The van der Waals surface area contributed by atoms with Crippen LogP contribution in [0.5, 0.6) is 5.75 Å². The van der Waals surface area contributed by atoms with E-state index in [2.05, 4.69) is 10.1 Å². The Kier molecular flexibility index (Phi) is 5.99. The van der Waals surface area contributed by atoms with E-state index >= 15 is 0 Å². The maximum Gasteiger partial charge on any atom is 0.293 e. The van der Waals surface area contributed by atoms with Crippen LogP contribution in [0.15, 0.2) is 18.2 Å². The number of amides is 1. The minimum absolute atomic E-state index is 0.00340. The van der Waals surface area contributed by atoms with Crippen LogP contribution in [0.2, 0.25) is 0 Å². The van der Waals surface area contributed by atoms with Gasteiger partial charge in [-0.05, 0) is 30.5 Å². The van der Waals surface area contributed by atoms with E-state index in [-0.39, 0.29) is 18.3 Å². The van der Waals surface area contributed by atoms with E-state index < -0.39 is 6.04 Å². The molecule has 1 unspecified atom stereocenters. The van der Waals surface area contributed by atoms with Crippen LogP contribution in [0.25, 0.3) is 0 Å². The molecule has 0 saturated heterocycles. The summed E-state index contributed by atoms with van der Waals surface area (Å²) in [5, 5.41) is 12.3. The molecule has 0 heterocycles. The molecule has 4 N–H and O–H groups in total. The summed E-state index contributed by atoms with van der Waals surface area (Å²) in [6, 6.07) is 3.93. The number of benzene rings is 1. The third-order valence-electron chi connectivity index (χ3n) is 2.72. The van der Waals surface area contributed by atoms with Gasteiger partial charge in [-0.25, -0.2) is 0 Å². The van der Waals surface area contributed by atoms with Crippen molar-refractivity contribution in [2.45, 2.75) is 32.9 Å². The van der Waals surface area contributed by atoms with Crippen LogP contribution < -0.4 is 11.1 Å². The van der Waals surface area contributed by atoms with Gasteiger partial charge in [0.25, 0.3) is 6.47 Å². The highest BCUT2D eigenvalue weighted by Crippen LogP contribution is 2.22. The summed E-state index contributed by atoms with van der Waals surface area (Å²) in [6.07, 6.45) is 0.588. The average molecular weight is 280 g/mol. The Morgan fingerprint density at radius 3 is 2.80 bits per heavy atom. The van der Waals surface area contributed by atoms with Crippen LogP contribution in [0.3, 0.4) is 0 Å². The third kappa shape index (κ3) is 4.89. The number of anilines is 1. The maximum atomic E-state index is 11.9. The number of hydrogen-bond donors (Lipinski definition) is 3. The van der Waals surface area contributed by atoms with Gasteiger partial charge in [0.2, 0.25) is 5.91 Å². The number of nitrogens with one attached hydrogen (secondary N) is 1. The first-order chi connectivity index (χ1) is 9.43. The molecule has 0 spiro atoms. The molecule has 1 amide bonds. The van der Waals surface area contributed by atoms with Gasteiger partial charge < -0.3 is 20.9 Å². The van der Waals surface area contributed by atoms with Crippen LogP contribution in [0.1, 0.15) is 25.8 Å². The molecule has 1 atom stereocenters. The van der Waals surface area contributed by atoms with Gasteiger partial charge in [-0.2, -0.15) is 0 Å². The Morgan fingerprint density at radius 2 is 2.20 bits per heavy atom. The Morgan fingerprint density at radius 1 is 1.50 bits per heavy atom. The highest BCUT2D eigenvalue weighted by molar-refractivity contribution is 5.94. The SMILES string of the molecule is CC(C)CC(N)C(=O)Nc1ccc(O)c(COC=O)c1. The number of hydrogen-bond acceptors (Lipinski definition) is 5. The Balaban J connectivity index is 2.72. The number of carbonyl (C=O) groups excluding carboxylic acids is 2. The molecule has 1 aromatic rings. The molecule has 6 heteroatoms. The number of rotatable bonds is 7. The molecule has 0 saturated carbocycles. The molecule has 110 valence electrons. The van der Waals surface area contributed by atoms with Crippen LogP contribution in [0.4, 0.5) is 5.69 Å². The fourth-order valence-electron chi connectivity index (χ4n) is 1.75. The maximum absolute atomic E-state index is 11.9. The summed E-state index contributed by atoms with van der Waals surface area (Å²) < 4.78 is 4.58. The lowest BCUT2D eigenvalue weighted by molar-refractivity contribution is -0.129. The molecule has 0 aliphatic heterocycles. The predicted octanol–water partition coefficient (Wildman–Crippen LogP) is 1.38. The fourth-order valence-corrected chi connectivity index (χ4v) is 1.75. The second-order valence-electron chi connectivity index (χ2n) is 4.98. The van der Waals surface area contributed by atoms with E-state index in [0.29, 0.717) is 30.1 Å². The van der Waals surface area contributed by atoms with Crippen molar-refractivity contribution in [2.75, 3.05) is 5.32 Å². The molecule has 20 heavy (non-hydrogen) atoms. The van der Waals surface area contributed by atoms with Gasteiger partial charge in [-0.1, -0.05) is 13.8 Å². The lowest BCUT2D eigenvalue weighted by Crippen LogP contribution is -2.36. The van der Waals surface area contributed by atoms with E-state index in [0.717, 1.165) is 0 Å². The number of aromatic hydroxyl groups is 1. The number of phenolic OH excluding ortho intramolecular Hbond substituents is 1. The zero-order chi connectivity index (χ0) is 15.1. The Bertz CT molecular complexity index is 474. The Labute approximate surface area is 117 Å². The molecule has 0 aromatic heterocycles. The molecular weight excluding hydrogens is 260 g/mol. The minimum Gasteiger partial charge on any atom is -0.508 e. The van der Waals surface area contributed by atoms with Crippen molar-refractivity contribution in [3.63, 3.8) is 0 Å². The van der Waals surface area contributed by atoms with Gasteiger partial charge in [0.05, 0.1) is 6.04 Å². The van der Waals surface area contributed by atoms with Crippen molar-refractivity contribution in [1.29, 1.82) is 0 Å². The largest absolute Gasteiger partial charge is 0.508 e. The lowest BCUT2D eigenvalue weighted by atomic mass is 10.0. The Hall–Kier alpha value is -2.08. The van der Waals surface area contributed by atoms with Crippen molar-refractivity contribution in [3.8, 4) is 5.75 Å². The minimum atomic E-state index is -0.585. The monoisotopic (exact) mass is 280 g/mol. The molecule has 1 rings (SSSR count). The molecule has 0 aliphatic rings. The predicted molar refractivity (Wildman–Crippen MR) is 75.0 cm³/mol. The van der Waals surface area contributed by atoms with Gasteiger partial charge in [-0.3, -0.25) is 9.59 Å². The van der Waals surface area contributed by atoms with Crippen molar-refractivity contribution in [1.82, 2.24) is 0 Å².